The van der Waals surface area contributed by atoms with Crippen LogP contribution in [0.25, 0.3) is 115 Å². The Kier molecular flexibility index (Phi) is 7.55. The van der Waals surface area contributed by atoms with Gasteiger partial charge in [0.25, 0.3) is 0 Å². The third-order valence-electron chi connectivity index (χ3n) is 16.7. The van der Waals surface area contributed by atoms with Crippen LogP contribution in [0.5, 0.6) is 0 Å². The molecule has 65 heavy (non-hydrogen) atoms. The molecule has 0 aliphatic rings. The zero-order valence-corrected chi connectivity index (χ0v) is 39.7. The summed E-state index contributed by atoms with van der Waals surface area (Å²) in [6.45, 7) is 27.7. The Morgan fingerprint density at radius 1 is 0.277 bits per heavy atom. The normalized spacial score (nSPS) is 12.6. The lowest BCUT2D eigenvalue weighted by Crippen LogP contribution is -2.00. The zero-order valence-electron chi connectivity index (χ0n) is 39.7. The summed E-state index contributed by atoms with van der Waals surface area (Å²) >= 11 is 0. The lowest BCUT2D eigenvalue weighted by molar-refractivity contribution is 1.19. The number of nitrogens with zero attached hydrogens (tertiary/aromatic N) is 3. The van der Waals surface area contributed by atoms with Gasteiger partial charge >= 0.3 is 0 Å². The molecule has 316 valence electrons. The predicted molar refractivity (Wildman–Crippen MR) is 282 cm³/mol. The first-order valence-electron chi connectivity index (χ1n) is 23.4. The monoisotopic (exact) mass is 839 g/mol. The second kappa shape index (κ2) is 12.8. The van der Waals surface area contributed by atoms with Gasteiger partial charge in [-0.3, -0.25) is 0 Å². The highest BCUT2D eigenvalue weighted by molar-refractivity contribution is 6.32. The lowest BCUT2D eigenvalue weighted by atomic mass is 9.94. The molecular weight excluding hydrogens is 787 g/mol. The number of hydrogen-bond acceptors (Lipinski definition) is 0. The van der Waals surface area contributed by atoms with Gasteiger partial charge in [0.2, 0.25) is 0 Å². The number of hydrogen-bond donors (Lipinski definition) is 0. The van der Waals surface area contributed by atoms with Crippen molar-refractivity contribution >= 4 is 103 Å². The molecule has 0 atom stereocenters. The quantitative estimate of drug-likeness (QED) is 0.165. The van der Waals surface area contributed by atoms with Crippen LogP contribution in [0.15, 0.2) is 103 Å². The van der Waals surface area contributed by atoms with E-state index >= 15 is 0 Å². The molecule has 4 aromatic heterocycles. The molecule has 13 rings (SSSR count). The summed E-state index contributed by atoms with van der Waals surface area (Å²) in [6.07, 6.45) is 0. The molecule has 0 N–H and O–H groups in total. The van der Waals surface area contributed by atoms with Gasteiger partial charge in [-0.1, -0.05) is 66.7 Å². The van der Waals surface area contributed by atoms with Crippen molar-refractivity contribution in [3.05, 3.63) is 170 Å². The summed E-state index contributed by atoms with van der Waals surface area (Å²) in [6, 6.07) is 40.1. The Morgan fingerprint density at radius 3 is 0.923 bits per heavy atom. The maximum absolute atomic E-state index is 2.65. The second-order valence-corrected chi connectivity index (χ2v) is 19.7. The van der Waals surface area contributed by atoms with Gasteiger partial charge in [0.15, 0.2) is 0 Å². The molecule has 0 spiro atoms. The summed E-state index contributed by atoms with van der Waals surface area (Å²) in [5.41, 5.74) is 27.7. The van der Waals surface area contributed by atoms with Crippen LogP contribution < -0.4 is 0 Å². The molecule has 13 aromatic rings. The molecule has 3 nitrogen and oxygen atoms in total. The lowest BCUT2D eigenvalue weighted by Gasteiger charge is -2.17. The van der Waals surface area contributed by atoms with Crippen molar-refractivity contribution in [1.29, 1.82) is 0 Å². The summed E-state index contributed by atoms with van der Waals surface area (Å²) in [5, 5.41) is 15.7. The first kappa shape index (κ1) is 38.4. The van der Waals surface area contributed by atoms with Crippen LogP contribution in [0.3, 0.4) is 0 Å². The molecule has 0 bridgehead atoms. The number of benzene rings is 9. The molecular formula is C62H53N3. The van der Waals surface area contributed by atoms with Crippen molar-refractivity contribution in [2.75, 3.05) is 0 Å². The van der Waals surface area contributed by atoms with Crippen molar-refractivity contribution < 1.29 is 0 Å². The van der Waals surface area contributed by atoms with Gasteiger partial charge in [-0.2, -0.15) is 0 Å². The molecule has 4 heterocycles. The number of para-hydroxylation sites is 1. The fraction of sp³-hybridized carbons (Fsp3) is 0.194. The van der Waals surface area contributed by atoms with Crippen LogP contribution in [-0.2, 0) is 0 Å². The highest BCUT2D eigenvalue weighted by Crippen LogP contribution is 2.51. The molecule has 0 fully saturated rings. The predicted octanol–water partition coefficient (Wildman–Crippen LogP) is 17.0. The Morgan fingerprint density at radius 2 is 0.585 bits per heavy atom. The van der Waals surface area contributed by atoms with E-state index in [1.54, 1.807) is 0 Å². The molecule has 0 aliphatic heterocycles. The molecule has 9 aromatic carbocycles. The zero-order chi connectivity index (χ0) is 44.8. The van der Waals surface area contributed by atoms with Crippen molar-refractivity contribution in [2.45, 2.75) is 83.1 Å². The molecule has 0 saturated carbocycles. The average molecular weight is 840 g/mol. The van der Waals surface area contributed by atoms with E-state index in [4.69, 9.17) is 0 Å². The molecule has 0 unspecified atom stereocenters. The van der Waals surface area contributed by atoms with Gasteiger partial charge in [-0.05, 0) is 197 Å². The average Bonchev–Trinajstić information content (AvgIpc) is 4.01. The minimum atomic E-state index is 1.24. The van der Waals surface area contributed by atoms with Crippen LogP contribution in [0, 0.1) is 83.1 Å². The van der Waals surface area contributed by atoms with E-state index in [0.717, 1.165) is 0 Å². The van der Waals surface area contributed by atoms with Crippen LogP contribution in [0.4, 0.5) is 0 Å². The van der Waals surface area contributed by atoms with E-state index in [1.807, 2.05) is 0 Å². The van der Waals surface area contributed by atoms with E-state index in [-0.39, 0.29) is 0 Å². The summed E-state index contributed by atoms with van der Waals surface area (Å²) in [7, 11) is 0. The first-order valence-corrected chi connectivity index (χ1v) is 23.4. The Labute approximate surface area is 379 Å². The Balaban J connectivity index is 1.28. The number of aromatic nitrogens is 3. The minimum Gasteiger partial charge on any atom is -0.308 e. The fourth-order valence-electron chi connectivity index (χ4n) is 12.5. The van der Waals surface area contributed by atoms with Crippen LogP contribution >= 0.6 is 0 Å². The number of aryl methyl sites for hydroxylation is 8. The third kappa shape index (κ3) is 4.61. The van der Waals surface area contributed by atoms with Gasteiger partial charge < -0.3 is 13.5 Å². The van der Waals surface area contributed by atoms with E-state index in [1.165, 1.54) is 181 Å². The van der Waals surface area contributed by atoms with Crippen LogP contribution in [0.1, 0.15) is 66.8 Å². The van der Waals surface area contributed by atoms with Gasteiger partial charge in [-0.25, -0.2) is 0 Å². The summed E-state index contributed by atoms with van der Waals surface area (Å²) in [5.74, 6) is 0. The van der Waals surface area contributed by atoms with Gasteiger partial charge in [0.1, 0.15) is 0 Å². The third-order valence-corrected chi connectivity index (χ3v) is 16.7. The SMILES string of the molecule is Cc1cc2c(c(C)c1C)c1c(C)c(C)c(C)cc1n2-c1c2ccccc2cc2c1c1cccc3c4c(-n5c6cc(C)c(C)c(C)c6c6c(C)c(C)c(C)cc65)c5ccccc5cc4n2c13. The fourth-order valence-corrected chi connectivity index (χ4v) is 12.5. The summed E-state index contributed by atoms with van der Waals surface area (Å²) in [4.78, 5) is 0. The van der Waals surface area contributed by atoms with Crippen LogP contribution in [-0.4, -0.2) is 13.5 Å². The second-order valence-electron chi connectivity index (χ2n) is 19.7. The van der Waals surface area contributed by atoms with Crippen molar-refractivity contribution in [3.63, 3.8) is 0 Å². The molecule has 0 amide bonds. The van der Waals surface area contributed by atoms with Crippen molar-refractivity contribution in [2.24, 2.45) is 0 Å². The van der Waals surface area contributed by atoms with Crippen LogP contribution in [0.2, 0.25) is 0 Å². The number of rotatable bonds is 2. The highest BCUT2D eigenvalue weighted by atomic mass is 15.0. The standard InChI is InChI=1S/C62H53N3/c1-30-24-48-54(38(9)34(30)5)55-39(10)35(6)31(2)25-49(55)64(48)61-44-20-15-13-18-42(44)28-52-58(61)46-22-17-23-47-59-53(63(52)60(46)47)29-43-19-14-16-21-45(43)62(59)65-50-26-32(3)36(7)40(11)56(50)57-41(12)37(8)33(4)27-51(57)65/h13-29H,1-12H3. The Hall–Kier alpha value is -7.10. The van der Waals surface area contributed by atoms with Gasteiger partial charge in [-0.15, -0.1) is 0 Å². The minimum absolute atomic E-state index is 1.24. The molecule has 0 saturated heterocycles. The van der Waals surface area contributed by atoms with Crippen molar-refractivity contribution in [3.8, 4) is 11.4 Å². The van der Waals surface area contributed by atoms with E-state index in [2.05, 4.69) is 200 Å². The van der Waals surface area contributed by atoms with E-state index in [9.17, 15) is 0 Å². The van der Waals surface area contributed by atoms with E-state index in [0.29, 0.717) is 0 Å². The van der Waals surface area contributed by atoms with E-state index < -0.39 is 0 Å². The first-order chi connectivity index (χ1) is 31.3. The molecule has 0 radical (unpaired) electrons. The largest absolute Gasteiger partial charge is 0.308 e. The maximum atomic E-state index is 2.65. The highest BCUT2D eigenvalue weighted by Gasteiger charge is 2.29. The molecule has 3 heteroatoms. The Bertz CT molecular complexity index is 3930. The molecule has 0 aliphatic carbocycles. The smallest absolute Gasteiger partial charge is 0.0640 e. The topological polar surface area (TPSA) is 14.3 Å². The van der Waals surface area contributed by atoms with Gasteiger partial charge in [0.05, 0.1) is 50.0 Å². The maximum Gasteiger partial charge on any atom is 0.0640 e. The van der Waals surface area contributed by atoms with Gasteiger partial charge in [0, 0.05) is 53.9 Å². The number of fused-ring (bicyclic) bond motifs is 14. The van der Waals surface area contributed by atoms with Crippen molar-refractivity contribution in [1.82, 2.24) is 13.5 Å². The summed E-state index contributed by atoms with van der Waals surface area (Å²) < 4.78 is 7.93.